The Bertz CT molecular complexity index is 1110. The number of likely N-dealkylation sites (tertiary alicyclic amines) is 1. The summed E-state index contributed by atoms with van der Waals surface area (Å²) in [5.41, 5.74) is 1.10. The molecule has 5 nitrogen and oxygen atoms in total. The number of halogens is 2. The van der Waals surface area contributed by atoms with Gasteiger partial charge in [0, 0.05) is 30.8 Å². The Labute approximate surface area is 185 Å². The number of benzene rings is 3. The third-order valence-corrected chi connectivity index (χ3v) is 5.74. The number of hydrogen-bond donors (Lipinski definition) is 1. The number of fused-ring (bicyclic) bond motifs is 1. The molecule has 1 heterocycles. The average molecular weight is 438 g/mol. The molecule has 1 aliphatic rings. The SMILES string of the molecule is O=C(NCc1ccccc1OC(F)F)C1CCCN(C(=O)c2cccc3ccccc23)C1. The molecular weight excluding hydrogens is 414 g/mol. The second kappa shape index (κ2) is 9.77. The molecule has 3 aromatic rings. The maximum absolute atomic E-state index is 13.2. The molecule has 1 saturated heterocycles. The number of carbonyl (C=O) groups is 2. The second-order valence-corrected chi connectivity index (χ2v) is 7.82. The fourth-order valence-electron chi connectivity index (χ4n) is 4.15. The average Bonchev–Trinajstić information content (AvgIpc) is 2.82. The first kappa shape index (κ1) is 21.7. The Hall–Kier alpha value is -3.48. The zero-order chi connectivity index (χ0) is 22.5. The van der Waals surface area contributed by atoms with Gasteiger partial charge < -0.3 is 15.0 Å². The van der Waals surface area contributed by atoms with E-state index in [9.17, 15) is 18.4 Å². The fraction of sp³-hybridized carbons (Fsp3) is 0.280. The van der Waals surface area contributed by atoms with E-state index < -0.39 is 6.61 Å². The van der Waals surface area contributed by atoms with Crippen LogP contribution in [0.15, 0.2) is 66.7 Å². The van der Waals surface area contributed by atoms with E-state index in [4.69, 9.17) is 0 Å². The molecule has 32 heavy (non-hydrogen) atoms. The Kier molecular flexibility index (Phi) is 6.63. The largest absolute Gasteiger partial charge is 0.434 e. The van der Waals surface area contributed by atoms with Crippen LogP contribution in [0.5, 0.6) is 5.75 Å². The molecule has 0 bridgehead atoms. The number of carbonyl (C=O) groups excluding carboxylic acids is 2. The summed E-state index contributed by atoms with van der Waals surface area (Å²) in [5, 5.41) is 4.70. The number of hydrogen-bond acceptors (Lipinski definition) is 3. The molecule has 4 rings (SSSR count). The molecule has 0 radical (unpaired) electrons. The zero-order valence-corrected chi connectivity index (χ0v) is 17.5. The quantitative estimate of drug-likeness (QED) is 0.612. The summed E-state index contributed by atoms with van der Waals surface area (Å²) in [6.45, 7) is -1.94. The highest BCUT2D eigenvalue weighted by Crippen LogP contribution is 2.24. The van der Waals surface area contributed by atoms with E-state index in [-0.39, 0.29) is 30.0 Å². The summed E-state index contributed by atoms with van der Waals surface area (Å²) in [7, 11) is 0. The highest BCUT2D eigenvalue weighted by Gasteiger charge is 2.29. The number of para-hydroxylation sites is 1. The molecule has 1 unspecified atom stereocenters. The van der Waals surface area contributed by atoms with Crippen molar-refractivity contribution in [2.75, 3.05) is 13.1 Å². The number of alkyl halides is 2. The van der Waals surface area contributed by atoms with Gasteiger partial charge >= 0.3 is 6.61 Å². The van der Waals surface area contributed by atoms with Crippen LogP contribution in [0.2, 0.25) is 0 Å². The Morgan fingerprint density at radius 1 is 1.03 bits per heavy atom. The van der Waals surface area contributed by atoms with Gasteiger partial charge in [0.15, 0.2) is 0 Å². The lowest BCUT2D eigenvalue weighted by molar-refractivity contribution is -0.126. The number of rotatable bonds is 6. The summed E-state index contributed by atoms with van der Waals surface area (Å²) in [4.78, 5) is 27.7. The number of piperidine rings is 1. The zero-order valence-electron chi connectivity index (χ0n) is 17.5. The molecule has 1 fully saturated rings. The molecule has 166 valence electrons. The lowest BCUT2D eigenvalue weighted by Gasteiger charge is -2.32. The van der Waals surface area contributed by atoms with Crippen LogP contribution in [0, 0.1) is 5.92 Å². The lowest BCUT2D eigenvalue weighted by atomic mass is 9.95. The highest BCUT2D eigenvalue weighted by atomic mass is 19.3. The summed E-state index contributed by atoms with van der Waals surface area (Å²) < 4.78 is 29.7. The van der Waals surface area contributed by atoms with Crippen LogP contribution in [0.25, 0.3) is 10.8 Å². The first-order valence-corrected chi connectivity index (χ1v) is 10.6. The van der Waals surface area contributed by atoms with Crippen molar-refractivity contribution in [2.24, 2.45) is 5.92 Å². The van der Waals surface area contributed by atoms with E-state index in [1.165, 1.54) is 6.07 Å². The first-order valence-electron chi connectivity index (χ1n) is 10.6. The van der Waals surface area contributed by atoms with Crippen LogP contribution in [-0.2, 0) is 11.3 Å². The number of ether oxygens (including phenoxy) is 1. The van der Waals surface area contributed by atoms with Crippen LogP contribution < -0.4 is 10.1 Å². The van der Waals surface area contributed by atoms with Gasteiger partial charge in [-0.3, -0.25) is 9.59 Å². The normalized spacial score (nSPS) is 16.2. The van der Waals surface area contributed by atoms with Crippen molar-refractivity contribution >= 4 is 22.6 Å². The predicted molar refractivity (Wildman–Crippen MR) is 117 cm³/mol. The molecule has 1 N–H and O–H groups in total. The molecule has 0 aliphatic carbocycles. The Morgan fingerprint density at radius 2 is 1.78 bits per heavy atom. The van der Waals surface area contributed by atoms with Crippen molar-refractivity contribution in [1.82, 2.24) is 10.2 Å². The van der Waals surface area contributed by atoms with E-state index in [1.807, 2.05) is 42.5 Å². The van der Waals surface area contributed by atoms with Crippen LogP contribution in [0.3, 0.4) is 0 Å². The smallest absolute Gasteiger partial charge is 0.387 e. The van der Waals surface area contributed by atoms with Gasteiger partial charge in [-0.25, -0.2) is 0 Å². The number of amides is 2. The summed E-state index contributed by atoms with van der Waals surface area (Å²) >= 11 is 0. The van der Waals surface area contributed by atoms with Gasteiger partial charge in [-0.05, 0) is 35.7 Å². The van der Waals surface area contributed by atoms with E-state index in [2.05, 4.69) is 10.1 Å². The molecule has 3 aromatic carbocycles. The van der Waals surface area contributed by atoms with Crippen LogP contribution in [0.4, 0.5) is 8.78 Å². The predicted octanol–water partition coefficient (Wildman–Crippen LogP) is 4.61. The van der Waals surface area contributed by atoms with Crippen molar-refractivity contribution in [3.05, 3.63) is 77.9 Å². The van der Waals surface area contributed by atoms with Gasteiger partial charge in [0.2, 0.25) is 5.91 Å². The van der Waals surface area contributed by atoms with Gasteiger partial charge in [-0.2, -0.15) is 8.78 Å². The number of nitrogens with one attached hydrogen (secondary N) is 1. The minimum atomic E-state index is -2.93. The van der Waals surface area contributed by atoms with Gasteiger partial charge in [-0.1, -0.05) is 54.6 Å². The van der Waals surface area contributed by atoms with E-state index >= 15 is 0 Å². The van der Waals surface area contributed by atoms with Gasteiger partial charge in [-0.15, -0.1) is 0 Å². The molecule has 1 aliphatic heterocycles. The molecule has 0 saturated carbocycles. The van der Waals surface area contributed by atoms with Gasteiger partial charge in [0.05, 0.1) is 5.92 Å². The van der Waals surface area contributed by atoms with Crippen LogP contribution >= 0.6 is 0 Å². The highest BCUT2D eigenvalue weighted by molar-refractivity contribution is 6.07. The van der Waals surface area contributed by atoms with Gasteiger partial charge in [0.1, 0.15) is 5.75 Å². The molecular formula is C25H24F2N2O3. The van der Waals surface area contributed by atoms with Crippen LogP contribution in [-0.4, -0.2) is 36.4 Å². The monoisotopic (exact) mass is 438 g/mol. The summed E-state index contributed by atoms with van der Waals surface area (Å²) in [5.74, 6) is -0.604. The van der Waals surface area contributed by atoms with Crippen molar-refractivity contribution in [1.29, 1.82) is 0 Å². The lowest BCUT2D eigenvalue weighted by Crippen LogP contribution is -2.45. The number of nitrogens with zero attached hydrogens (tertiary/aromatic N) is 1. The van der Waals surface area contributed by atoms with Gasteiger partial charge in [0.25, 0.3) is 5.91 Å². The minimum absolute atomic E-state index is 0.0409. The maximum Gasteiger partial charge on any atom is 0.387 e. The standard InChI is InChI=1S/C25H24F2N2O3/c26-25(27)32-22-13-4-2-8-18(22)15-28-23(30)19-10-6-14-29(16-19)24(31)21-12-5-9-17-7-1-3-11-20(17)21/h1-5,7-9,11-13,19,25H,6,10,14-16H2,(H,28,30). The van der Waals surface area contributed by atoms with Crippen LogP contribution in [0.1, 0.15) is 28.8 Å². The molecule has 1 atom stereocenters. The van der Waals surface area contributed by atoms with E-state index in [0.29, 0.717) is 30.6 Å². The first-order chi connectivity index (χ1) is 15.5. The second-order valence-electron chi connectivity index (χ2n) is 7.82. The summed E-state index contributed by atoms with van der Waals surface area (Å²) in [6.07, 6.45) is 1.39. The third kappa shape index (κ3) is 4.88. The molecule has 0 aromatic heterocycles. The minimum Gasteiger partial charge on any atom is -0.434 e. The van der Waals surface area contributed by atoms with Crippen molar-refractivity contribution in [2.45, 2.75) is 26.0 Å². The van der Waals surface area contributed by atoms with E-state index in [1.54, 1.807) is 23.1 Å². The van der Waals surface area contributed by atoms with Crippen molar-refractivity contribution in [3.63, 3.8) is 0 Å². The topological polar surface area (TPSA) is 58.6 Å². The molecule has 2 amide bonds. The maximum atomic E-state index is 13.2. The Morgan fingerprint density at radius 3 is 2.62 bits per heavy atom. The summed E-state index contributed by atoms with van der Waals surface area (Å²) in [6, 6.07) is 19.7. The molecule has 0 spiro atoms. The third-order valence-electron chi connectivity index (χ3n) is 5.74. The van der Waals surface area contributed by atoms with Crippen molar-refractivity contribution in [3.8, 4) is 5.75 Å². The fourth-order valence-corrected chi connectivity index (χ4v) is 4.15. The van der Waals surface area contributed by atoms with E-state index in [0.717, 1.165) is 17.2 Å². The van der Waals surface area contributed by atoms with Crippen molar-refractivity contribution < 1.29 is 23.1 Å². The Balaban J connectivity index is 1.42. The molecule has 7 heteroatoms.